The van der Waals surface area contributed by atoms with Gasteiger partial charge in [0.25, 0.3) is 5.91 Å². The Bertz CT molecular complexity index is 973. The third kappa shape index (κ3) is 3.31. The number of alkyl halides is 1. The third-order valence-corrected chi connectivity index (χ3v) is 10.2. The maximum Gasteiger partial charge on any atom is 0.308 e. The van der Waals surface area contributed by atoms with Crippen molar-refractivity contribution in [3.05, 3.63) is 41.4 Å². The number of aliphatic hydroxyl groups excluding tert-OH is 1. The van der Waals surface area contributed by atoms with E-state index in [0.717, 1.165) is 5.56 Å². The highest BCUT2D eigenvalue weighted by molar-refractivity contribution is 9.09. The number of fused-ring (bicyclic) bond motifs is 1. The number of anilines is 1. The second kappa shape index (κ2) is 8.66. The first-order valence-electron chi connectivity index (χ1n) is 10.3. The molecule has 3 unspecified atom stereocenters. The van der Waals surface area contributed by atoms with E-state index in [4.69, 9.17) is 11.6 Å². The molecule has 3 saturated heterocycles. The molecule has 10 heteroatoms. The van der Waals surface area contributed by atoms with E-state index in [1.807, 2.05) is 13.0 Å². The Balaban J connectivity index is 1.84. The fourth-order valence-electron chi connectivity index (χ4n) is 5.57. The number of amides is 2. The van der Waals surface area contributed by atoms with Crippen LogP contribution in [0.15, 0.2) is 30.9 Å². The minimum absolute atomic E-state index is 0.0402. The second-order valence-corrected chi connectivity index (χ2v) is 11.5. The van der Waals surface area contributed by atoms with Gasteiger partial charge in [-0.3, -0.25) is 14.4 Å². The highest BCUT2D eigenvalue weighted by Crippen LogP contribution is 2.67. The number of aliphatic hydroxyl groups is 1. The number of carbonyl (C=O) groups is 3. The van der Waals surface area contributed by atoms with Gasteiger partial charge in [0.2, 0.25) is 5.91 Å². The van der Waals surface area contributed by atoms with Crippen molar-refractivity contribution < 1.29 is 24.6 Å². The predicted molar refractivity (Wildman–Crippen MR) is 127 cm³/mol. The van der Waals surface area contributed by atoms with E-state index < -0.39 is 28.6 Å². The Labute approximate surface area is 203 Å². The van der Waals surface area contributed by atoms with Crippen LogP contribution in [0.2, 0.25) is 5.02 Å². The van der Waals surface area contributed by atoms with E-state index in [-0.39, 0.29) is 41.6 Å². The summed E-state index contributed by atoms with van der Waals surface area (Å²) < 4.78 is -0.889. The molecule has 7 nitrogen and oxygen atoms in total. The quantitative estimate of drug-likeness (QED) is 0.405. The first-order chi connectivity index (χ1) is 15.2. The van der Waals surface area contributed by atoms with E-state index in [9.17, 15) is 24.6 Å². The van der Waals surface area contributed by atoms with Gasteiger partial charge < -0.3 is 20.0 Å². The summed E-state index contributed by atoms with van der Waals surface area (Å²) >= 11 is 11.5. The Kier molecular flexibility index (Phi) is 6.39. The van der Waals surface area contributed by atoms with Gasteiger partial charge >= 0.3 is 5.97 Å². The Morgan fingerprint density at radius 1 is 1.47 bits per heavy atom. The molecule has 172 valence electrons. The van der Waals surface area contributed by atoms with Crippen molar-refractivity contribution >= 4 is 62.8 Å². The average molecular weight is 544 g/mol. The van der Waals surface area contributed by atoms with Gasteiger partial charge in [-0.2, -0.15) is 0 Å². The van der Waals surface area contributed by atoms with Gasteiger partial charge in [0.15, 0.2) is 0 Å². The van der Waals surface area contributed by atoms with E-state index >= 15 is 0 Å². The summed E-state index contributed by atoms with van der Waals surface area (Å²) in [5.41, 5.74) is 1.34. The summed E-state index contributed by atoms with van der Waals surface area (Å²) in [5.74, 6) is -3.46. The number of nitrogens with zero attached hydrogens (tertiary/aromatic N) is 2. The number of hydrogen-bond donors (Lipinski definition) is 2. The molecule has 1 spiro atoms. The highest BCUT2D eigenvalue weighted by atomic mass is 79.9. The number of carboxylic acids is 1. The summed E-state index contributed by atoms with van der Waals surface area (Å²) in [4.78, 5) is 42.5. The van der Waals surface area contributed by atoms with Gasteiger partial charge in [0.1, 0.15) is 6.04 Å². The van der Waals surface area contributed by atoms with Crippen LogP contribution < -0.4 is 4.90 Å². The number of β-amino-alcohol motifs (C(OH)–C–C–N with tert-alkyl or cyclic N) is 1. The average Bonchev–Trinajstić information content (AvgIpc) is 3.31. The maximum absolute atomic E-state index is 14.1. The van der Waals surface area contributed by atoms with Crippen molar-refractivity contribution in [2.45, 2.75) is 34.2 Å². The molecule has 0 aromatic heterocycles. The number of aryl methyl sites for hydroxylation is 1. The van der Waals surface area contributed by atoms with Crippen LogP contribution in [0.3, 0.4) is 0 Å². The first kappa shape index (κ1) is 23.6. The maximum atomic E-state index is 14.1. The Hall–Kier alpha value is -1.55. The molecular weight excluding hydrogens is 520 g/mol. The molecule has 3 aliphatic rings. The molecule has 1 aromatic carbocycles. The third-order valence-electron chi connectivity index (χ3n) is 6.69. The van der Waals surface area contributed by atoms with Crippen LogP contribution in [0.5, 0.6) is 0 Å². The number of carboxylic acid groups (broad SMARTS) is 1. The van der Waals surface area contributed by atoms with Crippen LogP contribution in [-0.4, -0.2) is 73.5 Å². The summed E-state index contributed by atoms with van der Waals surface area (Å²) in [6.07, 6.45) is 2.08. The lowest BCUT2D eigenvalue weighted by molar-refractivity contribution is -0.148. The summed E-state index contributed by atoms with van der Waals surface area (Å²) in [7, 11) is 0. The number of likely N-dealkylation sites (tertiary alicyclic amines) is 1. The van der Waals surface area contributed by atoms with Crippen molar-refractivity contribution in [2.75, 3.05) is 24.6 Å². The van der Waals surface area contributed by atoms with Crippen molar-refractivity contribution in [1.82, 2.24) is 4.90 Å². The van der Waals surface area contributed by atoms with Gasteiger partial charge in [-0.25, -0.2) is 0 Å². The second-order valence-electron chi connectivity index (χ2n) is 8.40. The van der Waals surface area contributed by atoms with Crippen molar-refractivity contribution in [3.63, 3.8) is 0 Å². The van der Waals surface area contributed by atoms with Crippen molar-refractivity contribution in [2.24, 2.45) is 11.8 Å². The van der Waals surface area contributed by atoms with Gasteiger partial charge in [-0.1, -0.05) is 45.7 Å². The fraction of sp³-hybridized carbons (Fsp3) is 0.500. The molecule has 3 aliphatic heterocycles. The van der Waals surface area contributed by atoms with E-state index in [2.05, 4.69) is 22.5 Å². The van der Waals surface area contributed by atoms with Crippen LogP contribution in [0.4, 0.5) is 5.69 Å². The molecule has 2 N–H and O–H groups in total. The molecule has 6 atom stereocenters. The predicted octanol–water partition coefficient (Wildman–Crippen LogP) is 2.71. The summed E-state index contributed by atoms with van der Waals surface area (Å²) in [6, 6.07) is 4.43. The van der Waals surface area contributed by atoms with Gasteiger partial charge in [-0.15, -0.1) is 18.3 Å². The molecule has 32 heavy (non-hydrogen) atoms. The van der Waals surface area contributed by atoms with Crippen LogP contribution in [0.1, 0.15) is 12.0 Å². The molecule has 0 saturated carbocycles. The summed E-state index contributed by atoms with van der Waals surface area (Å²) in [6.45, 7) is 5.44. The molecule has 3 heterocycles. The van der Waals surface area contributed by atoms with Gasteiger partial charge in [0, 0.05) is 23.2 Å². The molecule has 0 radical (unpaired) electrons. The van der Waals surface area contributed by atoms with Crippen molar-refractivity contribution in [3.8, 4) is 0 Å². The molecule has 2 amide bonds. The molecule has 4 rings (SSSR count). The molecule has 2 bridgehead atoms. The fourth-order valence-corrected chi connectivity index (χ4v) is 9.50. The van der Waals surface area contributed by atoms with Crippen LogP contribution in [0, 0.1) is 18.8 Å². The number of thioether (sulfide) groups is 1. The van der Waals surface area contributed by atoms with E-state index in [0.29, 0.717) is 17.1 Å². The number of hydrogen-bond acceptors (Lipinski definition) is 5. The number of para-hydroxylation sites is 1. The lowest BCUT2D eigenvalue weighted by Crippen LogP contribution is -2.56. The lowest BCUT2D eigenvalue weighted by atomic mass is 9.71. The highest BCUT2D eigenvalue weighted by Gasteiger charge is 2.76. The first-order valence-corrected chi connectivity index (χ1v) is 12.5. The number of aliphatic carboxylic acids is 1. The van der Waals surface area contributed by atoms with Crippen LogP contribution in [0.25, 0.3) is 0 Å². The number of carbonyl (C=O) groups excluding carboxylic acids is 2. The largest absolute Gasteiger partial charge is 0.481 e. The molecule has 0 aliphatic carbocycles. The monoisotopic (exact) mass is 542 g/mol. The normalized spacial score (nSPS) is 32.8. The zero-order chi connectivity index (χ0) is 23.4. The zero-order valence-corrected chi connectivity index (χ0v) is 20.6. The number of benzene rings is 1. The molecular formula is C22H24BrClN2O5S. The standard InChI is InChI=1S/C22H24BrClN2O5S/c1-3-7-25(16-11(2)5-4-6-13(16)24)20(29)18-22-10-12(23)17(32-22)14(21(30)31)15(22)19(28)26(18)8-9-27/h3-6,12,14-15,17-18,27H,1,7-10H2,2H3,(H,30,31)/t12?,14-,15+,17-,18?,22?/m1/s1. The Morgan fingerprint density at radius 3 is 2.78 bits per heavy atom. The zero-order valence-electron chi connectivity index (χ0n) is 17.4. The minimum atomic E-state index is -1.03. The molecule has 1 aromatic rings. The number of halogens is 2. The summed E-state index contributed by atoms with van der Waals surface area (Å²) in [5, 5.41) is 19.7. The van der Waals surface area contributed by atoms with Crippen LogP contribution in [-0.2, 0) is 14.4 Å². The molecule has 3 fully saturated rings. The van der Waals surface area contributed by atoms with Gasteiger partial charge in [0.05, 0.1) is 33.9 Å². The Morgan fingerprint density at radius 2 is 2.19 bits per heavy atom. The SMILES string of the molecule is C=CCN(C(=O)C1N(CCO)C(=O)[C@@H]2[C@@H](C(=O)O)[C@@H]3SC12CC3Br)c1c(C)cccc1Cl. The number of rotatable bonds is 7. The van der Waals surface area contributed by atoms with Crippen LogP contribution >= 0.6 is 39.3 Å². The van der Waals surface area contributed by atoms with Crippen molar-refractivity contribution in [1.29, 1.82) is 0 Å². The van der Waals surface area contributed by atoms with E-state index in [1.165, 1.54) is 21.6 Å². The van der Waals surface area contributed by atoms with E-state index in [1.54, 1.807) is 18.2 Å². The minimum Gasteiger partial charge on any atom is -0.481 e. The lowest BCUT2D eigenvalue weighted by Gasteiger charge is -2.38. The van der Waals surface area contributed by atoms with Gasteiger partial charge in [-0.05, 0) is 25.0 Å². The topological polar surface area (TPSA) is 98.2 Å². The smallest absolute Gasteiger partial charge is 0.308 e.